The molecule has 0 saturated carbocycles. The zero-order valence-corrected chi connectivity index (χ0v) is 11.3. The molecule has 5 nitrogen and oxygen atoms in total. The number of aromatic nitrogens is 2. The lowest BCUT2D eigenvalue weighted by molar-refractivity contribution is 0.379. The molecule has 0 aliphatic heterocycles. The highest BCUT2D eigenvalue weighted by Crippen LogP contribution is 2.27. The minimum absolute atomic E-state index is 0.229. The van der Waals surface area contributed by atoms with Gasteiger partial charge in [0.1, 0.15) is 5.75 Å². The second-order valence-corrected chi connectivity index (χ2v) is 4.25. The van der Waals surface area contributed by atoms with E-state index in [9.17, 15) is 5.11 Å². The number of hydrogen-bond donors (Lipinski definition) is 2. The summed E-state index contributed by atoms with van der Waals surface area (Å²) in [4.78, 5) is 0. The maximum absolute atomic E-state index is 9.34. The summed E-state index contributed by atoms with van der Waals surface area (Å²) >= 11 is 0. The van der Waals surface area contributed by atoms with Crippen molar-refractivity contribution in [2.75, 3.05) is 13.7 Å². The quantitative estimate of drug-likeness (QED) is 0.858. The summed E-state index contributed by atoms with van der Waals surface area (Å²) in [6, 6.07) is 6.86. The highest BCUT2D eigenvalue weighted by Gasteiger charge is 2.17. The zero-order chi connectivity index (χ0) is 13.8. The standard InChI is InChI=1S/C14H19N3O2/c1-3-13-12(8-9-15)14(19-2)17(16-13)10-4-6-11(18)7-5-10/h4-7,18H,3,8-9,15H2,1-2H3. The number of aromatic hydroxyl groups is 1. The molecule has 0 spiro atoms. The Kier molecular flexibility index (Phi) is 4.06. The summed E-state index contributed by atoms with van der Waals surface area (Å²) in [7, 11) is 1.63. The lowest BCUT2D eigenvalue weighted by atomic mass is 10.1. The number of hydrogen-bond acceptors (Lipinski definition) is 4. The summed E-state index contributed by atoms with van der Waals surface area (Å²) in [5.74, 6) is 0.945. The van der Waals surface area contributed by atoms with Crippen molar-refractivity contribution in [3.8, 4) is 17.3 Å². The van der Waals surface area contributed by atoms with Crippen molar-refractivity contribution in [2.45, 2.75) is 19.8 Å². The molecule has 1 aromatic heterocycles. The molecule has 1 aromatic carbocycles. The summed E-state index contributed by atoms with van der Waals surface area (Å²) in [5, 5.41) is 13.9. The number of phenolic OH excluding ortho intramolecular Hbond substituents is 1. The molecule has 0 unspecified atom stereocenters. The van der Waals surface area contributed by atoms with Gasteiger partial charge in [-0.3, -0.25) is 0 Å². The first-order valence-electron chi connectivity index (χ1n) is 6.35. The Labute approximate surface area is 112 Å². The number of ether oxygens (including phenoxy) is 1. The van der Waals surface area contributed by atoms with E-state index in [1.807, 2.05) is 0 Å². The predicted molar refractivity (Wildman–Crippen MR) is 73.9 cm³/mol. The third kappa shape index (κ3) is 2.56. The van der Waals surface area contributed by atoms with E-state index in [1.54, 1.807) is 36.1 Å². The number of phenols is 1. The molecule has 0 amide bonds. The topological polar surface area (TPSA) is 73.3 Å². The van der Waals surface area contributed by atoms with Crippen molar-refractivity contribution >= 4 is 0 Å². The number of benzene rings is 1. The second-order valence-electron chi connectivity index (χ2n) is 4.25. The molecule has 0 radical (unpaired) electrons. The zero-order valence-electron chi connectivity index (χ0n) is 11.3. The normalized spacial score (nSPS) is 10.7. The number of nitrogens with zero attached hydrogens (tertiary/aromatic N) is 2. The molecule has 0 bridgehead atoms. The molecule has 5 heteroatoms. The van der Waals surface area contributed by atoms with Gasteiger partial charge in [0, 0.05) is 5.56 Å². The highest BCUT2D eigenvalue weighted by molar-refractivity contribution is 5.43. The van der Waals surface area contributed by atoms with Crippen molar-refractivity contribution in [1.82, 2.24) is 9.78 Å². The monoisotopic (exact) mass is 261 g/mol. The molecule has 19 heavy (non-hydrogen) atoms. The SMILES string of the molecule is CCc1nn(-c2ccc(O)cc2)c(OC)c1CCN. The molecule has 3 N–H and O–H groups in total. The Morgan fingerprint density at radius 1 is 1.32 bits per heavy atom. The van der Waals surface area contributed by atoms with Gasteiger partial charge in [-0.2, -0.15) is 5.10 Å². The molecule has 0 aliphatic carbocycles. The van der Waals surface area contributed by atoms with Crippen molar-refractivity contribution < 1.29 is 9.84 Å². The minimum atomic E-state index is 0.229. The van der Waals surface area contributed by atoms with Gasteiger partial charge >= 0.3 is 0 Å². The molecule has 102 valence electrons. The van der Waals surface area contributed by atoms with Gasteiger partial charge in [-0.1, -0.05) is 6.92 Å². The lowest BCUT2D eigenvalue weighted by Gasteiger charge is -2.07. The van der Waals surface area contributed by atoms with Crippen molar-refractivity contribution in [1.29, 1.82) is 0 Å². The molecule has 0 atom stereocenters. The van der Waals surface area contributed by atoms with Gasteiger partial charge in [-0.25, -0.2) is 4.68 Å². The molecule has 1 heterocycles. The average Bonchev–Trinajstić information content (AvgIpc) is 2.78. The van der Waals surface area contributed by atoms with Crippen LogP contribution in [0.2, 0.25) is 0 Å². The fourth-order valence-corrected chi connectivity index (χ4v) is 2.14. The molecular weight excluding hydrogens is 242 g/mol. The van der Waals surface area contributed by atoms with Crippen LogP contribution in [0.25, 0.3) is 5.69 Å². The summed E-state index contributed by atoms with van der Waals surface area (Å²) < 4.78 is 7.23. The third-order valence-electron chi connectivity index (χ3n) is 3.04. The first-order valence-corrected chi connectivity index (χ1v) is 6.35. The van der Waals surface area contributed by atoms with E-state index in [-0.39, 0.29) is 5.75 Å². The minimum Gasteiger partial charge on any atom is -0.508 e. The number of aryl methyl sites for hydroxylation is 1. The van der Waals surface area contributed by atoms with Crippen LogP contribution in [0.4, 0.5) is 0 Å². The average molecular weight is 261 g/mol. The van der Waals surface area contributed by atoms with Gasteiger partial charge in [0.05, 0.1) is 18.5 Å². The first kappa shape index (κ1) is 13.4. The van der Waals surface area contributed by atoms with Gasteiger partial charge in [-0.15, -0.1) is 0 Å². The highest BCUT2D eigenvalue weighted by atomic mass is 16.5. The van der Waals surface area contributed by atoms with Crippen molar-refractivity contribution in [2.24, 2.45) is 5.73 Å². The van der Waals surface area contributed by atoms with E-state index in [1.165, 1.54) is 0 Å². The van der Waals surface area contributed by atoms with Gasteiger partial charge in [0.15, 0.2) is 0 Å². The molecule has 2 rings (SSSR count). The van der Waals surface area contributed by atoms with Crippen molar-refractivity contribution in [3.63, 3.8) is 0 Å². The Bertz CT molecular complexity index is 547. The van der Waals surface area contributed by atoms with Gasteiger partial charge < -0.3 is 15.6 Å². The van der Waals surface area contributed by atoms with Crippen LogP contribution in [-0.4, -0.2) is 28.5 Å². The Morgan fingerprint density at radius 3 is 2.53 bits per heavy atom. The summed E-state index contributed by atoms with van der Waals surface area (Å²) in [5.41, 5.74) is 8.56. The number of methoxy groups -OCH3 is 1. The molecule has 0 aliphatic rings. The Hall–Kier alpha value is -2.01. The number of rotatable bonds is 5. The van der Waals surface area contributed by atoms with E-state index < -0.39 is 0 Å². The van der Waals surface area contributed by atoms with E-state index >= 15 is 0 Å². The predicted octanol–water partition coefficient (Wildman–Crippen LogP) is 1.65. The van der Waals surface area contributed by atoms with E-state index in [0.29, 0.717) is 12.4 Å². The van der Waals surface area contributed by atoms with Gasteiger partial charge in [0.2, 0.25) is 5.88 Å². The Balaban J connectivity index is 2.53. The second kappa shape index (κ2) is 5.75. The summed E-state index contributed by atoms with van der Waals surface area (Å²) in [6.07, 6.45) is 1.57. The van der Waals surface area contributed by atoms with Crippen LogP contribution >= 0.6 is 0 Å². The van der Waals surface area contributed by atoms with Crippen LogP contribution in [0.15, 0.2) is 24.3 Å². The van der Waals surface area contributed by atoms with Crippen LogP contribution in [0.1, 0.15) is 18.2 Å². The smallest absolute Gasteiger partial charge is 0.219 e. The molecule has 0 saturated heterocycles. The van der Waals surface area contributed by atoms with Crippen LogP contribution < -0.4 is 10.5 Å². The number of nitrogens with two attached hydrogens (primary N) is 1. The Morgan fingerprint density at radius 2 is 2.00 bits per heavy atom. The van der Waals surface area contributed by atoms with Crippen LogP contribution in [0, 0.1) is 0 Å². The fraction of sp³-hybridized carbons (Fsp3) is 0.357. The lowest BCUT2D eigenvalue weighted by Crippen LogP contribution is -2.05. The van der Waals surface area contributed by atoms with E-state index in [0.717, 1.165) is 29.8 Å². The van der Waals surface area contributed by atoms with Gasteiger partial charge in [-0.05, 0) is 43.7 Å². The fourth-order valence-electron chi connectivity index (χ4n) is 2.14. The first-order chi connectivity index (χ1) is 9.21. The molecule has 0 fully saturated rings. The largest absolute Gasteiger partial charge is 0.508 e. The van der Waals surface area contributed by atoms with Gasteiger partial charge in [0.25, 0.3) is 0 Å². The summed E-state index contributed by atoms with van der Waals surface area (Å²) in [6.45, 7) is 2.62. The maximum atomic E-state index is 9.34. The van der Waals surface area contributed by atoms with Crippen LogP contribution in [0.3, 0.4) is 0 Å². The van der Waals surface area contributed by atoms with Crippen molar-refractivity contribution in [3.05, 3.63) is 35.5 Å². The van der Waals surface area contributed by atoms with E-state index in [4.69, 9.17) is 10.5 Å². The van der Waals surface area contributed by atoms with Crippen LogP contribution in [0.5, 0.6) is 11.6 Å². The third-order valence-corrected chi connectivity index (χ3v) is 3.04. The van der Waals surface area contributed by atoms with Crippen LogP contribution in [-0.2, 0) is 12.8 Å². The molecular formula is C14H19N3O2. The molecule has 2 aromatic rings. The maximum Gasteiger partial charge on any atom is 0.219 e. The van der Waals surface area contributed by atoms with E-state index in [2.05, 4.69) is 12.0 Å².